The van der Waals surface area contributed by atoms with Crippen LogP contribution in [0.4, 0.5) is 0 Å². The summed E-state index contributed by atoms with van der Waals surface area (Å²) in [7, 11) is 0. The number of aryl methyl sites for hydroxylation is 1. The number of nitrogens with two attached hydrogens (primary N) is 1. The van der Waals surface area contributed by atoms with E-state index in [1.807, 2.05) is 30.3 Å². The normalized spacial score (nSPS) is 10.8. The number of benzene rings is 2. The van der Waals surface area contributed by atoms with E-state index in [4.69, 9.17) is 5.84 Å². The van der Waals surface area contributed by atoms with Crippen molar-refractivity contribution in [2.24, 2.45) is 0 Å². The standard InChI is InChI=1S/C17H18N4S/c1-13-7-5-6-10-15(13)11-16-19-20-17(21(16)18)22-12-14-8-3-2-4-9-14/h2-10H,11-12,18H2,1H3. The number of aromatic nitrogens is 3. The van der Waals surface area contributed by atoms with Gasteiger partial charge in [-0.3, -0.25) is 0 Å². The number of rotatable bonds is 5. The number of nitrogen functional groups attached to an aromatic ring is 1. The molecule has 5 heteroatoms. The first kappa shape index (κ1) is 14.7. The molecule has 0 saturated carbocycles. The zero-order valence-corrected chi connectivity index (χ0v) is 13.3. The summed E-state index contributed by atoms with van der Waals surface area (Å²) in [5.74, 6) is 7.75. The van der Waals surface area contributed by atoms with Crippen LogP contribution < -0.4 is 5.84 Å². The quantitative estimate of drug-likeness (QED) is 0.581. The van der Waals surface area contributed by atoms with E-state index in [1.165, 1.54) is 16.7 Å². The number of thioether (sulfide) groups is 1. The molecule has 0 aliphatic carbocycles. The Bertz CT molecular complexity index is 752. The van der Waals surface area contributed by atoms with E-state index >= 15 is 0 Å². The molecule has 0 fully saturated rings. The predicted octanol–water partition coefficient (Wildman–Crippen LogP) is 3.18. The van der Waals surface area contributed by atoms with E-state index in [2.05, 4.69) is 41.4 Å². The van der Waals surface area contributed by atoms with Gasteiger partial charge in [0.05, 0.1) is 0 Å². The molecule has 1 heterocycles. The van der Waals surface area contributed by atoms with Gasteiger partial charge < -0.3 is 5.84 Å². The van der Waals surface area contributed by atoms with Gasteiger partial charge in [-0.1, -0.05) is 66.4 Å². The average molecular weight is 310 g/mol. The highest BCUT2D eigenvalue weighted by Crippen LogP contribution is 2.21. The fourth-order valence-corrected chi connectivity index (χ4v) is 3.06. The third-order valence-corrected chi connectivity index (χ3v) is 4.57. The van der Waals surface area contributed by atoms with Crippen molar-refractivity contribution in [2.45, 2.75) is 24.3 Å². The van der Waals surface area contributed by atoms with E-state index < -0.39 is 0 Å². The van der Waals surface area contributed by atoms with Gasteiger partial charge in [-0.2, -0.15) is 0 Å². The molecule has 1 aromatic heterocycles. The zero-order valence-electron chi connectivity index (χ0n) is 12.4. The molecule has 0 bridgehead atoms. The average Bonchev–Trinajstić information content (AvgIpc) is 2.89. The van der Waals surface area contributed by atoms with Crippen molar-refractivity contribution in [3.8, 4) is 0 Å². The zero-order chi connectivity index (χ0) is 15.4. The van der Waals surface area contributed by atoms with E-state index in [-0.39, 0.29) is 0 Å². The van der Waals surface area contributed by atoms with E-state index in [1.54, 1.807) is 16.4 Å². The predicted molar refractivity (Wildman–Crippen MR) is 90.2 cm³/mol. The molecule has 2 N–H and O–H groups in total. The highest BCUT2D eigenvalue weighted by Gasteiger charge is 2.11. The molecule has 112 valence electrons. The monoisotopic (exact) mass is 310 g/mol. The SMILES string of the molecule is Cc1ccccc1Cc1nnc(SCc2ccccc2)n1N. The topological polar surface area (TPSA) is 56.7 Å². The van der Waals surface area contributed by atoms with Gasteiger partial charge in [0.25, 0.3) is 0 Å². The fraction of sp³-hybridized carbons (Fsp3) is 0.176. The molecule has 0 unspecified atom stereocenters. The second-order valence-electron chi connectivity index (χ2n) is 5.15. The van der Waals surface area contributed by atoms with Crippen LogP contribution in [0.1, 0.15) is 22.5 Å². The van der Waals surface area contributed by atoms with Crippen molar-refractivity contribution >= 4 is 11.8 Å². The Labute approximate surface area is 134 Å². The first-order valence-corrected chi connectivity index (χ1v) is 8.13. The molecular formula is C17H18N4S. The van der Waals surface area contributed by atoms with Crippen LogP contribution >= 0.6 is 11.8 Å². The molecule has 0 aliphatic heterocycles. The third-order valence-electron chi connectivity index (χ3n) is 3.56. The van der Waals surface area contributed by atoms with Crippen molar-refractivity contribution in [3.05, 3.63) is 77.1 Å². The van der Waals surface area contributed by atoms with Crippen LogP contribution in [-0.4, -0.2) is 14.9 Å². The molecule has 22 heavy (non-hydrogen) atoms. The largest absolute Gasteiger partial charge is 0.336 e. The van der Waals surface area contributed by atoms with Crippen LogP contribution in [0.5, 0.6) is 0 Å². The molecule has 0 atom stereocenters. The van der Waals surface area contributed by atoms with Gasteiger partial charge in [-0.05, 0) is 23.6 Å². The van der Waals surface area contributed by atoms with Gasteiger partial charge in [0.15, 0.2) is 5.82 Å². The van der Waals surface area contributed by atoms with Gasteiger partial charge in [-0.15, -0.1) is 10.2 Å². The maximum Gasteiger partial charge on any atom is 0.210 e. The maximum atomic E-state index is 6.14. The van der Waals surface area contributed by atoms with Crippen molar-refractivity contribution < 1.29 is 0 Å². The molecular weight excluding hydrogens is 292 g/mol. The van der Waals surface area contributed by atoms with Crippen molar-refractivity contribution in [1.82, 2.24) is 14.9 Å². The lowest BCUT2D eigenvalue weighted by Gasteiger charge is -2.06. The van der Waals surface area contributed by atoms with Crippen LogP contribution in [0.2, 0.25) is 0 Å². The van der Waals surface area contributed by atoms with E-state index in [0.717, 1.165) is 16.7 Å². The van der Waals surface area contributed by atoms with E-state index in [0.29, 0.717) is 6.42 Å². The highest BCUT2D eigenvalue weighted by atomic mass is 32.2. The van der Waals surface area contributed by atoms with Crippen molar-refractivity contribution in [3.63, 3.8) is 0 Å². The molecule has 3 rings (SSSR count). The second kappa shape index (κ2) is 6.66. The molecule has 0 radical (unpaired) electrons. The summed E-state index contributed by atoms with van der Waals surface area (Å²) in [5, 5.41) is 9.18. The van der Waals surface area contributed by atoms with Crippen molar-refractivity contribution in [2.75, 3.05) is 5.84 Å². The lowest BCUT2D eigenvalue weighted by molar-refractivity contribution is 0.804. The van der Waals surface area contributed by atoms with Crippen LogP contribution in [0.3, 0.4) is 0 Å². The summed E-state index contributed by atoms with van der Waals surface area (Å²) in [6.07, 6.45) is 0.696. The highest BCUT2D eigenvalue weighted by molar-refractivity contribution is 7.98. The van der Waals surface area contributed by atoms with Gasteiger partial charge in [0.2, 0.25) is 5.16 Å². The number of nitrogens with zero attached hydrogens (tertiary/aromatic N) is 3. The Hall–Kier alpha value is -2.27. The number of hydrogen-bond acceptors (Lipinski definition) is 4. The molecule has 0 saturated heterocycles. The van der Waals surface area contributed by atoms with Crippen LogP contribution in [0.25, 0.3) is 0 Å². The Morgan fingerprint density at radius 2 is 1.73 bits per heavy atom. The third kappa shape index (κ3) is 3.31. The number of hydrogen-bond donors (Lipinski definition) is 1. The Morgan fingerprint density at radius 3 is 2.50 bits per heavy atom. The molecule has 0 aliphatic rings. The Morgan fingerprint density at radius 1 is 1.00 bits per heavy atom. The maximum absolute atomic E-state index is 6.14. The van der Waals surface area contributed by atoms with Crippen molar-refractivity contribution in [1.29, 1.82) is 0 Å². The van der Waals surface area contributed by atoms with Gasteiger partial charge in [0, 0.05) is 12.2 Å². The summed E-state index contributed by atoms with van der Waals surface area (Å²) in [4.78, 5) is 0. The summed E-state index contributed by atoms with van der Waals surface area (Å²) in [6, 6.07) is 18.5. The summed E-state index contributed by atoms with van der Waals surface area (Å²) in [5.41, 5.74) is 3.71. The Balaban J connectivity index is 1.71. The fourth-order valence-electron chi connectivity index (χ4n) is 2.23. The van der Waals surface area contributed by atoms with Crippen LogP contribution in [-0.2, 0) is 12.2 Å². The van der Waals surface area contributed by atoms with E-state index in [9.17, 15) is 0 Å². The summed E-state index contributed by atoms with van der Waals surface area (Å²) >= 11 is 1.60. The van der Waals surface area contributed by atoms with Gasteiger partial charge in [0.1, 0.15) is 0 Å². The second-order valence-corrected chi connectivity index (χ2v) is 6.09. The van der Waals surface area contributed by atoms with Crippen LogP contribution in [0.15, 0.2) is 59.8 Å². The van der Waals surface area contributed by atoms with Gasteiger partial charge >= 0.3 is 0 Å². The minimum absolute atomic E-state index is 0.696. The van der Waals surface area contributed by atoms with Crippen LogP contribution in [0, 0.1) is 6.92 Å². The molecule has 0 amide bonds. The molecule has 2 aromatic carbocycles. The lowest BCUT2D eigenvalue weighted by Crippen LogP contribution is -2.14. The van der Waals surface area contributed by atoms with Gasteiger partial charge in [-0.25, -0.2) is 4.68 Å². The first-order chi connectivity index (χ1) is 10.7. The summed E-state index contributed by atoms with van der Waals surface area (Å²) < 4.78 is 1.60. The summed E-state index contributed by atoms with van der Waals surface area (Å²) in [6.45, 7) is 2.09. The Kier molecular flexibility index (Phi) is 4.44. The first-order valence-electron chi connectivity index (χ1n) is 7.14. The minimum atomic E-state index is 0.696. The molecule has 0 spiro atoms. The minimum Gasteiger partial charge on any atom is -0.336 e. The smallest absolute Gasteiger partial charge is 0.210 e. The lowest BCUT2D eigenvalue weighted by atomic mass is 10.1. The molecule has 4 nitrogen and oxygen atoms in total. The molecule has 3 aromatic rings.